The first-order valence-electron chi connectivity index (χ1n) is 19.3. The standard InChI is InChI=1S/C50H60N2/c1-46(2,3)31-24-32(47(4,5)6)27-35(26-31)51-41-22-18-16-20-37(41)39-30-40-38-21-17-19-23-42(38)52(45(40)43(44(39)51)50(13,14)15)36-28-33(48(7,8)9)25-34(29-36)49(10,11)12/h16-30H,1-15H3. The molecule has 270 valence electrons. The summed E-state index contributed by atoms with van der Waals surface area (Å²) in [6, 6.07) is 35.3. The Labute approximate surface area is 312 Å². The fourth-order valence-electron chi connectivity index (χ4n) is 8.03. The van der Waals surface area contributed by atoms with E-state index in [1.807, 2.05) is 0 Å². The lowest BCUT2D eigenvalue weighted by Gasteiger charge is -2.29. The molecule has 0 fully saturated rings. The smallest absolute Gasteiger partial charge is 0.0599 e. The molecule has 2 heteroatoms. The highest BCUT2D eigenvalue weighted by atomic mass is 15.0. The summed E-state index contributed by atoms with van der Waals surface area (Å²) in [5.74, 6) is 0. The molecule has 0 atom stereocenters. The van der Waals surface area contributed by atoms with Crippen molar-refractivity contribution in [3.05, 3.63) is 119 Å². The van der Waals surface area contributed by atoms with Crippen LogP contribution in [0.2, 0.25) is 0 Å². The second-order valence-corrected chi connectivity index (χ2v) is 20.5. The second kappa shape index (κ2) is 11.6. The molecule has 0 saturated carbocycles. The van der Waals surface area contributed by atoms with Crippen LogP contribution < -0.4 is 0 Å². The molecule has 0 spiro atoms. The van der Waals surface area contributed by atoms with E-state index in [2.05, 4.69) is 204 Å². The van der Waals surface area contributed by atoms with Gasteiger partial charge in [-0.1, -0.05) is 152 Å². The molecule has 0 N–H and O–H groups in total. The number of hydrogen-bond acceptors (Lipinski definition) is 0. The Morgan fingerprint density at radius 1 is 0.327 bits per heavy atom. The number of fused-ring (bicyclic) bond motifs is 6. The molecule has 0 amide bonds. The molecule has 0 saturated heterocycles. The number of hydrogen-bond donors (Lipinski definition) is 0. The topological polar surface area (TPSA) is 9.86 Å². The zero-order valence-electron chi connectivity index (χ0n) is 34.6. The lowest BCUT2D eigenvalue weighted by atomic mass is 9.80. The van der Waals surface area contributed by atoms with E-state index in [1.54, 1.807) is 0 Å². The van der Waals surface area contributed by atoms with Gasteiger partial charge in [-0.25, -0.2) is 0 Å². The van der Waals surface area contributed by atoms with E-state index in [0.29, 0.717) is 0 Å². The molecule has 0 radical (unpaired) electrons. The zero-order valence-corrected chi connectivity index (χ0v) is 34.6. The average molecular weight is 689 g/mol. The molecule has 2 heterocycles. The van der Waals surface area contributed by atoms with Crippen molar-refractivity contribution in [2.75, 3.05) is 0 Å². The molecule has 2 nitrogen and oxygen atoms in total. The second-order valence-electron chi connectivity index (χ2n) is 20.5. The summed E-state index contributed by atoms with van der Waals surface area (Å²) in [6.07, 6.45) is 0. The monoisotopic (exact) mass is 688 g/mol. The van der Waals surface area contributed by atoms with Gasteiger partial charge < -0.3 is 9.13 Å². The third-order valence-corrected chi connectivity index (χ3v) is 11.2. The van der Waals surface area contributed by atoms with Crippen molar-refractivity contribution in [2.45, 2.75) is 131 Å². The summed E-state index contributed by atoms with van der Waals surface area (Å²) < 4.78 is 5.20. The normalized spacial score (nSPS) is 13.7. The quantitative estimate of drug-likeness (QED) is 0.171. The lowest BCUT2D eigenvalue weighted by molar-refractivity contribution is 0.567. The van der Waals surface area contributed by atoms with E-state index in [0.717, 1.165) is 0 Å². The van der Waals surface area contributed by atoms with Gasteiger partial charge in [0, 0.05) is 38.5 Å². The van der Waals surface area contributed by atoms with Gasteiger partial charge in [0.25, 0.3) is 0 Å². The fraction of sp³-hybridized carbons (Fsp3) is 0.400. The van der Waals surface area contributed by atoms with Crippen LogP contribution in [0.4, 0.5) is 0 Å². The minimum Gasteiger partial charge on any atom is -0.309 e. The van der Waals surface area contributed by atoms with Crippen LogP contribution >= 0.6 is 0 Å². The van der Waals surface area contributed by atoms with Crippen molar-refractivity contribution in [1.82, 2.24) is 9.13 Å². The molecule has 0 aliphatic carbocycles. The highest BCUT2D eigenvalue weighted by Crippen LogP contribution is 2.47. The van der Waals surface area contributed by atoms with Crippen LogP contribution in [0.15, 0.2) is 91.0 Å². The summed E-state index contributed by atoms with van der Waals surface area (Å²) in [7, 11) is 0. The first kappa shape index (κ1) is 36.1. The van der Waals surface area contributed by atoms with Crippen molar-refractivity contribution >= 4 is 43.6 Å². The third-order valence-electron chi connectivity index (χ3n) is 11.2. The molecule has 7 rings (SSSR count). The Morgan fingerprint density at radius 2 is 0.635 bits per heavy atom. The van der Waals surface area contributed by atoms with E-state index in [9.17, 15) is 0 Å². The highest BCUT2D eigenvalue weighted by molar-refractivity contribution is 6.21. The van der Waals surface area contributed by atoms with Crippen LogP contribution in [0, 0.1) is 0 Å². The Bertz CT molecular complexity index is 2280. The predicted octanol–water partition coefficient (Wildman–Crippen LogP) is 14.4. The van der Waals surface area contributed by atoms with Crippen molar-refractivity contribution in [1.29, 1.82) is 0 Å². The molecule has 0 aliphatic rings. The van der Waals surface area contributed by atoms with Gasteiger partial charge in [-0.15, -0.1) is 0 Å². The minimum atomic E-state index is -0.182. The van der Waals surface area contributed by atoms with Crippen LogP contribution in [0.3, 0.4) is 0 Å². The maximum Gasteiger partial charge on any atom is 0.0599 e. The molecule has 5 aromatic carbocycles. The Morgan fingerprint density at radius 3 is 0.923 bits per heavy atom. The van der Waals surface area contributed by atoms with Gasteiger partial charge in [0.2, 0.25) is 0 Å². The molecule has 0 bridgehead atoms. The summed E-state index contributed by atoms with van der Waals surface area (Å²) in [5.41, 5.74) is 14.3. The molecular weight excluding hydrogens is 629 g/mol. The van der Waals surface area contributed by atoms with Crippen LogP contribution in [0.1, 0.15) is 132 Å². The lowest BCUT2D eigenvalue weighted by Crippen LogP contribution is -2.19. The van der Waals surface area contributed by atoms with E-state index >= 15 is 0 Å². The van der Waals surface area contributed by atoms with Crippen LogP contribution in [0.25, 0.3) is 55.0 Å². The first-order chi connectivity index (χ1) is 24.0. The molecule has 52 heavy (non-hydrogen) atoms. The van der Waals surface area contributed by atoms with Gasteiger partial charge in [0.15, 0.2) is 0 Å². The number of aromatic nitrogens is 2. The van der Waals surface area contributed by atoms with Crippen LogP contribution in [0.5, 0.6) is 0 Å². The molecule has 7 aromatic rings. The summed E-state index contributed by atoms with van der Waals surface area (Å²) in [4.78, 5) is 0. The number of benzene rings is 5. The summed E-state index contributed by atoms with van der Waals surface area (Å²) >= 11 is 0. The van der Waals surface area contributed by atoms with Crippen molar-refractivity contribution in [3.63, 3.8) is 0 Å². The van der Waals surface area contributed by atoms with Gasteiger partial charge >= 0.3 is 0 Å². The van der Waals surface area contributed by atoms with Crippen molar-refractivity contribution < 1.29 is 0 Å². The van der Waals surface area contributed by atoms with Crippen LogP contribution in [-0.4, -0.2) is 9.13 Å². The highest BCUT2D eigenvalue weighted by Gasteiger charge is 2.31. The summed E-state index contributed by atoms with van der Waals surface area (Å²) in [5, 5.41) is 5.22. The number of rotatable bonds is 2. The largest absolute Gasteiger partial charge is 0.309 e. The third kappa shape index (κ3) is 5.97. The van der Waals surface area contributed by atoms with Gasteiger partial charge in [-0.05, 0) is 91.8 Å². The molecule has 2 aromatic heterocycles. The van der Waals surface area contributed by atoms with Gasteiger partial charge in [0.1, 0.15) is 0 Å². The summed E-state index contributed by atoms with van der Waals surface area (Å²) in [6.45, 7) is 35.3. The van der Waals surface area contributed by atoms with E-state index < -0.39 is 0 Å². The fourth-order valence-corrected chi connectivity index (χ4v) is 8.03. The molecule has 0 unspecified atom stereocenters. The van der Waals surface area contributed by atoms with Crippen molar-refractivity contribution in [3.8, 4) is 11.4 Å². The SMILES string of the molecule is CC(C)(C)c1cc(-n2c3ccccc3c3cc4c5ccccc5n(-c5cc(C(C)(C)C)cc(C(C)(C)C)c5)c4c(C(C)(C)C)c32)cc(C(C)(C)C)c1. The number of nitrogens with zero attached hydrogens (tertiary/aromatic N) is 2. The van der Waals surface area contributed by atoms with Crippen LogP contribution in [-0.2, 0) is 27.1 Å². The van der Waals surface area contributed by atoms with Gasteiger partial charge in [0.05, 0.1) is 22.1 Å². The first-order valence-corrected chi connectivity index (χ1v) is 19.3. The van der Waals surface area contributed by atoms with E-state index in [4.69, 9.17) is 0 Å². The predicted molar refractivity (Wildman–Crippen MR) is 229 cm³/mol. The van der Waals surface area contributed by atoms with E-state index in [1.165, 1.54) is 82.8 Å². The van der Waals surface area contributed by atoms with Crippen molar-refractivity contribution in [2.24, 2.45) is 0 Å². The Balaban J connectivity index is 1.76. The Kier molecular flexibility index (Phi) is 8.05. The van der Waals surface area contributed by atoms with Gasteiger partial charge in [-0.3, -0.25) is 0 Å². The maximum atomic E-state index is 2.60. The molecule has 0 aliphatic heterocycles. The minimum absolute atomic E-state index is 0.00412. The zero-order chi connectivity index (χ0) is 37.9. The van der Waals surface area contributed by atoms with E-state index in [-0.39, 0.29) is 27.1 Å². The molecular formula is C50H60N2. The Hall–Kier alpha value is -4.30. The maximum absolute atomic E-state index is 2.60. The number of para-hydroxylation sites is 2. The van der Waals surface area contributed by atoms with Gasteiger partial charge in [-0.2, -0.15) is 0 Å². The average Bonchev–Trinajstić information content (AvgIpc) is 3.53.